The van der Waals surface area contributed by atoms with E-state index in [0.29, 0.717) is 0 Å². The van der Waals surface area contributed by atoms with Crippen molar-refractivity contribution in [3.05, 3.63) is 30.8 Å². The molecule has 1 saturated heterocycles. The van der Waals surface area contributed by atoms with E-state index >= 15 is 0 Å². The number of quaternary nitrogens is 1. The van der Waals surface area contributed by atoms with Gasteiger partial charge in [-0.15, -0.1) is 0 Å². The number of benzene rings is 1. The molecule has 0 radical (unpaired) electrons. The Morgan fingerprint density at radius 3 is 2.67 bits per heavy atom. The zero-order valence-electron chi connectivity index (χ0n) is 13.7. The van der Waals surface area contributed by atoms with E-state index in [1.807, 2.05) is 12.1 Å². The van der Waals surface area contributed by atoms with Crippen LogP contribution in [-0.2, 0) is 0 Å². The minimum absolute atomic E-state index is 0.738. The lowest BCUT2D eigenvalue weighted by molar-refractivity contribution is -0.912. The van der Waals surface area contributed by atoms with Crippen LogP contribution in [0.2, 0.25) is 0 Å². The molecule has 1 fully saturated rings. The van der Waals surface area contributed by atoms with Crippen molar-refractivity contribution in [2.24, 2.45) is 4.99 Å². The highest BCUT2D eigenvalue weighted by molar-refractivity contribution is 5.59. The van der Waals surface area contributed by atoms with Crippen molar-refractivity contribution in [1.29, 1.82) is 0 Å². The maximum Gasteiger partial charge on any atom is 0.108 e. The van der Waals surface area contributed by atoms with Crippen LogP contribution in [0.15, 0.2) is 35.8 Å². The Labute approximate surface area is 129 Å². The number of aliphatic imine (C=N–C) groups is 1. The fourth-order valence-electron chi connectivity index (χ4n) is 3.12. The van der Waals surface area contributed by atoms with E-state index in [4.69, 9.17) is 0 Å². The normalized spacial score (nSPS) is 18.6. The molecular weight excluding hydrogens is 258 g/mol. The molecule has 0 aliphatic carbocycles. The molecule has 3 heteroatoms. The lowest BCUT2D eigenvalue weighted by atomic mass is 10.1. The first-order chi connectivity index (χ1) is 10.1. The molecule has 1 aromatic rings. The first-order valence-electron chi connectivity index (χ1n) is 7.97. The number of hydrogen-bond donors (Lipinski definition) is 0. The molecule has 1 unspecified atom stereocenters. The summed E-state index contributed by atoms with van der Waals surface area (Å²) in [7, 11) is 4.76. The van der Waals surface area contributed by atoms with Gasteiger partial charge in [-0.05, 0) is 43.1 Å². The highest BCUT2D eigenvalue weighted by atomic mass is 15.4. The average molecular weight is 286 g/mol. The quantitative estimate of drug-likeness (QED) is 0.576. The third-order valence-corrected chi connectivity index (χ3v) is 4.66. The highest BCUT2D eigenvalue weighted by Gasteiger charge is 2.34. The first kappa shape index (κ1) is 15.8. The van der Waals surface area contributed by atoms with Gasteiger partial charge < -0.3 is 9.38 Å². The van der Waals surface area contributed by atoms with E-state index in [1.54, 1.807) is 0 Å². The predicted octanol–water partition coefficient (Wildman–Crippen LogP) is 3.63. The lowest BCUT2D eigenvalue weighted by Crippen LogP contribution is -2.50. The second-order valence-corrected chi connectivity index (χ2v) is 6.53. The van der Waals surface area contributed by atoms with E-state index in [9.17, 15) is 0 Å². The van der Waals surface area contributed by atoms with Crippen molar-refractivity contribution in [3.8, 4) is 0 Å². The van der Waals surface area contributed by atoms with Gasteiger partial charge in [-0.25, -0.2) is 4.99 Å². The van der Waals surface area contributed by atoms with Gasteiger partial charge in [-0.2, -0.15) is 0 Å². The van der Waals surface area contributed by atoms with E-state index in [0.717, 1.165) is 29.3 Å². The summed E-state index contributed by atoms with van der Waals surface area (Å²) in [6.07, 6.45) is 3.88. The van der Waals surface area contributed by atoms with Crippen LogP contribution in [0.5, 0.6) is 0 Å². The van der Waals surface area contributed by atoms with Crippen molar-refractivity contribution in [3.63, 3.8) is 0 Å². The van der Waals surface area contributed by atoms with Crippen LogP contribution in [0, 0.1) is 0 Å². The molecule has 21 heavy (non-hydrogen) atoms. The number of hydrogen-bond acceptors (Lipinski definition) is 2. The monoisotopic (exact) mass is 286 g/mol. The van der Waals surface area contributed by atoms with Gasteiger partial charge in [0.15, 0.2) is 0 Å². The number of nitrogens with zero attached hydrogens (tertiary/aromatic N) is 3. The van der Waals surface area contributed by atoms with Crippen LogP contribution in [0.3, 0.4) is 0 Å². The Morgan fingerprint density at radius 1 is 1.33 bits per heavy atom. The van der Waals surface area contributed by atoms with Crippen molar-refractivity contribution < 1.29 is 4.48 Å². The van der Waals surface area contributed by atoms with E-state index in [2.05, 4.69) is 55.5 Å². The first-order valence-corrected chi connectivity index (χ1v) is 7.97. The van der Waals surface area contributed by atoms with E-state index < -0.39 is 0 Å². The van der Waals surface area contributed by atoms with Crippen molar-refractivity contribution in [1.82, 2.24) is 0 Å². The molecule has 0 saturated carbocycles. The summed E-state index contributed by atoms with van der Waals surface area (Å²) in [5.41, 5.74) is 2.22. The van der Waals surface area contributed by atoms with Crippen LogP contribution in [0.4, 0.5) is 11.4 Å². The van der Waals surface area contributed by atoms with Crippen LogP contribution in [0.25, 0.3) is 0 Å². The molecule has 0 N–H and O–H groups in total. The van der Waals surface area contributed by atoms with Crippen LogP contribution in [0.1, 0.15) is 26.2 Å². The second-order valence-electron chi connectivity index (χ2n) is 6.53. The third-order valence-electron chi connectivity index (χ3n) is 4.66. The number of anilines is 1. The smallest absolute Gasteiger partial charge is 0.108 e. The molecule has 114 valence electrons. The summed E-state index contributed by atoms with van der Waals surface area (Å²) in [5.74, 6) is 2.58. The molecule has 0 aromatic heterocycles. The van der Waals surface area contributed by atoms with Crippen LogP contribution in [-0.4, -0.2) is 50.1 Å². The maximum atomic E-state index is 4.08. The third kappa shape index (κ3) is 3.96. The highest BCUT2D eigenvalue weighted by Crippen LogP contribution is 2.27. The minimum Gasteiger partial charge on any atom is -0.365 e. The van der Waals surface area contributed by atoms with E-state index in [1.165, 1.54) is 31.5 Å². The Hall–Kier alpha value is -1.57. The molecule has 0 bridgehead atoms. The molecule has 1 atom stereocenters. The minimum atomic E-state index is 0.738. The van der Waals surface area contributed by atoms with Crippen molar-refractivity contribution in [2.75, 3.05) is 38.6 Å². The number of rotatable bonds is 6. The summed E-state index contributed by atoms with van der Waals surface area (Å²) >= 11 is 0. The standard InChI is InChI=1S/C18H28N3/c1-5-7-14-21(3,4)18-12-13-20(15-18)17-10-8-16(9-11-17)19-6-2/h8-11,18H,2,5,7,12-15H2,1,3-4H3/q+1. The fraction of sp³-hybridized carbons (Fsp3) is 0.556. The number of unbranched alkanes of at least 4 members (excludes halogenated alkanes) is 1. The predicted molar refractivity (Wildman–Crippen MR) is 91.7 cm³/mol. The van der Waals surface area contributed by atoms with Gasteiger partial charge in [-0.1, -0.05) is 13.3 Å². The van der Waals surface area contributed by atoms with Gasteiger partial charge in [0.25, 0.3) is 0 Å². The lowest BCUT2D eigenvalue weighted by Gasteiger charge is -2.36. The summed E-state index contributed by atoms with van der Waals surface area (Å²) < 4.78 is 1.14. The summed E-state index contributed by atoms with van der Waals surface area (Å²) in [5, 5.41) is 0. The Balaban J connectivity index is 1.99. The zero-order valence-corrected chi connectivity index (χ0v) is 13.7. The van der Waals surface area contributed by atoms with Crippen molar-refractivity contribution >= 4 is 17.2 Å². The zero-order chi connectivity index (χ0) is 15.3. The molecule has 1 heterocycles. The van der Waals surface area contributed by atoms with Crippen molar-refractivity contribution in [2.45, 2.75) is 32.2 Å². The van der Waals surface area contributed by atoms with Gasteiger partial charge in [0.05, 0.1) is 32.9 Å². The van der Waals surface area contributed by atoms with Gasteiger partial charge in [-0.3, -0.25) is 0 Å². The Kier molecular flexibility index (Phi) is 5.22. The second kappa shape index (κ2) is 6.93. The Bertz CT molecular complexity index is 498. The number of likely N-dealkylation sites (N-methyl/N-ethyl adjacent to an activating group) is 1. The molecule has 3 nitrogen and oxygen atoms in total. The van der Waals surface area contributed by atoms with Gasteiger partial charge in [0.1, 0.15) is 6.04 Å². The van der Waals surface area contributed by atoms with Gasteiger partial charge in [0, 0.05) is 18.7 Å². The summed E-state index contributed by atoms with van der Waals surface area (Å²) in [6.45, 7) is 9.37. The largest absolute Gasteiger partial charge is 0.365 e. The van der Waals surface area contributed by atoms with Crippen LogP contribution >= 0.6 is 0 Å². The fourth-order valence-corrected chi connectivity index (χ4v) is 3.12. The van der Waals surface area contributed by atoms with E-state index in [-0.39, 0.29) is 0 Å². The van der Waals surface area contributed by atoms with Gasteiger partial charge in [0.2, 0.25) is 0 Å². The molecule has 1 aliphatic rings. The molecule has 2 rings (SSSR count). The summed E-state index contributed by atoms with van der Waals surface area (Å²) in [4.78, 5) is 6.58. The molecule has 1 aliphatic heterocycles. The summed E-state index contributed by atoms with van der Waals surface area (Å²) in [6, 6.07) is 9.13. The van der Waals surface area contributed by atoms with Gasteiger partial charge >= 0.3 is 0 Å². The Morgan fingerprint density at radius 2 is 2.05 bits per heavy atom. The molecule has 0 spiro atoms. The maximum absolute atomic E-state index is 4.08. The molecule has 0 amide bonds. The average Bonchev–Trinajstić information content (AvgIpc) is 2.97. The topological polar surface area (TPSA) is 15.6 Å². The van der Waals surface area contributed by atoms with Crippen LogP contribution < -0.4 is 4.90 Å². The molecular formula is C18H28N3+. The SMILES string of the molecule is C=C=Nc1ccc(N2CCC([N+](C)(C)CCCC)C2)cc1. The molecule has 1 aromatic carbocycles.